The number of rotatable bonds is 6. The third-order valence-corrected chi connectivity index (χ3v) is 12.1. The lowest BCUT2D eigenvalue weighted by molar-refractivity contribution is 1.18. The fourth-order valence-electron chi connectivity index (χ4n) is 8.10. The minimum Gasteiger partial charge on any atom is -0.247 e. The first kappa shape index (κ1) is 33.1. The fourth-order valence-corrected chi connectivity index (χ4v) is 9.35. The second-order valence-corrected chi connectivity index (χ2v) is 15.4. The number of para-hydroxylation sites is 1. The van der Waals surface area contributed by atoms with Crippen LogP contribution in [0.3, 0.4) is 0 Å². The van der Waals surface area contributed by atoms with Gasteiger partial charge in [-0.05, 0) is 41.0 Å². The van der Waals surface area contributed by atoms with E-state index in [0.29, 0.717) is 5.82 Å². The largest absolute Gasteiger partial charge is 0.247 e. The Balaban J connectivity index is 1.08. The molecule has 0 saturated heterocycles. The zero-order valence-electron chi connectivity index (χ0n) is 30.8. The molecule has 3 heterocycles. The Morgan fingerprint density at radius 2 is 0.842 bits per heavy atom. The van der Waals surface area contributed by atoms with E-state index in [1.807, 2.05) is 23.5 Å². The SMILES string of the molecule is c1ccc(-c2ccc(-c3cc(-c4ccccc4)nc(-c4ccc(-c5cc6c(-c7ccccc7)nc7ccccc7c6c6c5sc5ccccc56)cc4)n3)cc2)cc1. The number of hydrogen-bond acceptors (Lipinski definition) is 4. The van der Waals surface area contributed by atoms with Crippen molar-refractivity contribution >= 4 is 53.2 Å². The van der Waals surface area contributed by atoms with Crippen molar-refractivity contribution in [2.45, 2.75) is 0 Å². The summed E-state index contributed by atoms with van der Waals surface area (Å²) in [5.41, 5.74) is 12.6. The van der Waals surface area contributed by atoms with E-state index in [1.54, 1.807) is 0 Å². The summed E-state index contributed by atoms with van der Waals surface area (Å²) in [6, 6.07) is 70.7. The van der Waals surface area contributed by atoms with Crippen molar-refractivity contribution in [3.05, 3.63) is 200 Å². The number of nitrogens with zero attached hydrogens (tertiary/aromatic N) is 3. The van der Waals surface area contributed by atoms with Gasteiger partial charge in [0.05, 0.1) is 22.6 Å². The van der Waals surface area contributed by atoms with E-state index in [9.17, 15) is 0 Å². The quantitative estimate of drug-likeness (QED) is 0.159. The van der Waals surface area contributed by atoms with Gasteiger partial charge in [-0.1, -0.05) is 176 Å². The molecule has 11 rings (SSSR count). The molecule has 0 bridgehead atoms. The normalized spacial score (nSPS) is 11.5. The van der Waals surface area contributed by atoms with Gasteiger partial charge in [-0.2, -0.15) is 0 Å². The summed E-state index contributed by atoms with van der Waals surface area (Å²) in [4.78, 5) is 15.6. The smallest absolute Gasteiger partial charge is 0.160 e. The van der Waals surface area contributed by atoms with Crippen LogP contribution in [0.25, 0.3) is 109 Å². The average Bonchev–Trinajstić information content (AvgIpc) is 3.69. The highest BCUT2D eigenvalue weighted by Crippen LogP contribution is 2.48. The van der Waals surface area contributed by atoms with E-state index < -0.39 is 0 Å². The number of fused-ring (bicyclic) bond motifs is 7. The molecular weight excluding hydrogens is 711 g/mol. The van der Waals surface area contributed by atoms with Crippen molar-refractivity contribution in [2.75, 3.05) is 0 Å². The van der Waals surface area contributed by atoms with Crippen molar-refractivity contribution < 1.29 is 0 Å². The van der Waals surface area contributed by atoms with E-state index in [-0.39, 0.29) is 0 Å². The summed E-state index contributed by atoms with van der Waals surface area (Å²) in [6.45, 7) is 0. The molecule has 11 aromatic rings. The van der Waals surface area contributed by atoms with Crippen LogP contribution >= 0.6 is 11.3 Å². The predicted molar refractivity (Wildman–Crippen MR) is 240 cm³/mol. The van der Waals surface area contributed by atoms with Gasteiger partial charge in [-0.3, -0.25) is 0 Å². The predicted octanol–water partition coefficient (Wildman–Crippen LogP) is 14.5. The molecule has 0 radical (unpaired) electrons. The number of benzene rings is 8. The van der Waals surface area contributed by atoms with Crippen LogP contribution in [-0.4, -0.2) is 15.0 Å². The highest BCUT2D eigenvalue weighted by atomic mass is 32.1. The van der Waals surface area contributed by atoms with Gasteiger partial charge < -0.3 is 0 Å². The van der Waals surface area contributed by atoms with Crippen LogP contribution in [0.15, 0.2) is 200 Å². The van der Waals surface area contributed by atoms with Crippen LogP contribution in [-0.2, 0) is 0 Å². The second kappa shape index (κ2) is 13.8. The Morgan fingerprint density at radius 3 is 1.54 bits per heavy atom. The summed E-state index contributed by atoms with van der Waals surface area (Å²) in [7, 11) is 0. The number of aromatic nitrogens is 3. The summed E-state index contributed by atoms with van der Waals surface area (Å²) in [5.74, 6) is 0.692. The molecule has 266 valence electrons. The summed E-state index contributed by atoms with van der Waals surface area (Å²) in [6.07, 6.45) is 0. The third-order valence-electron chi connectivity index (χ3n) is 10.9. The first-order valence-corrected chi connectivity index (χ1v) is 20.0. The highest BCUT2D eigenvalue weighted by Gasteiger charge is 2.20. The van der Waals surface area contributed by atoms with Crippen molar-refractivity contribution in [3.8, 4) is 67.4 Å². The van der Waals surface area contributed by atoms with Crippen LogP contribution in [0.2, 0.25) is 0 Å². The molecular formula is C53H33N3S. The maximum atomic E-state index is 5.31. The van der Waals surface area contributed by atoms with E-state index >= 15 is 0 Å². The van der Waals surface area contributed by atoms with Crippen molar-refractivity contribution in [2.24, 2.45) is 0 Å². The minimum absolute atomic E-state index is 0.692. The third kappa shape index (κ3) is 5.86. The van der Waals surface area contributed by atoms with Gasteiger partial charge in [0.25, 0.3) is 0 Å². The molecule has 57 heavy (non-hydrogen) atoms. The minimum atomic E-state index is 0.692. The van der Waals surface area contributed by atoms with Gasteiger partial charge in [-0.25, -0.2) is 15.0 Å². The molecule has 0 spiro atoms. The molecule has 4 heteroatoms. The van der Waals surface area contributed by atoms with Crippen molar-refractivity contribution in [1.82, 2.24) is 15.0 Å². The lowest BCUT2D eigenvalue weighted by atomic mass is 9.92. The summed E-state index contributed by atoms with van der Waals surface area (Å²) >= 11 is 1.86. The van der Waals surface area contributed by atoms with Gasteiger partial charge in [-0.15, -0.1) is 11.3 Å². The Kier molecular flexibility index (Phi) is 8.01. The molecule has 0 aliphatic carbocycles. The molecule has 0 amide bonds. The highest BCUT2D eigenvalue weighted by molar-refractivity contribution is 7.26. The summed E-state index contributed by atoms with van der Waals surface area (Å²) < 4.78 is 2.55. The van der Waals surface area contributed by atoms with E-state index in [4.69, 9.17) is 15.0 Å². The van der Waals surface area contributed by atoms with Crippen molar-refractivity contribution in [1.29, 1.82) is 0 Å². The molecule has 0 atom stereocenters. The van der Waals surface area contributed by atoms with Crippen LogP contribution in [0, 0.1) is 0 Å². The fraction of sp³-hybridized carbons (Fsp3) is 0. The molecule has 3 aromatic heterocycles. The van der Waals surface area contributed by atoms with Crippen LogP contribution < -0.4 is 0 Å². The zero-order chi connectivity index (χ0) is 37.7. The van der Waals surface area contributed by atoms with E-state index in [1.165, 1.54) is 47.6 Å². The van der Waals surface area contributed by atoms with Gasteiger partial charge in [0.1, 0.15) is 0 Å². The molecule has 0 N–H and O–H groups in total. The van der Waals surface area contributed by atoms with E-state index in [0.717, 1.165) is 55.8 Å². The van der Waals surface area contributed by atoms with Gasteiger partial charge >= 0.3 is 0 Å². The standard InChI is InChI=1S/C53H33N3S/c1-4-14-34(15-5-1)35-24-28-38(29-25-35)47-33-46(37-16-6-2-7-17-37)55-53(56-47)40-30-26-36(27-31-40)43-32-44-49(50-42-21-11-13-23-48(42)57-52(43)50)41-20-10-12-22-45(41)54-51(44)39-18-8-3-9-19-39/h1-33H. The van der Waals surface area contributed by atoms with Gasteiger partial charge in [0, 0.05) is 64.1 Å². The van der Waals surface area contributed by atoms with Crippen LogP contribution in [0.1, 0.15) is 0 Å². The number of thiophene rings is 1. The average molecular weight is 744 g/mol. The summed E-state index contributed by atoms with van der Waals surface area (Å²) in [5, 5.41) is 6.12. The first-order chi connectivity index (χ1) is 28.2. The van der Waals surface area contributed by atoms with Gasteiger partial charge in [0.2, 0.25) is 0 Å². The Morgan fingerprint density at radius 1 is 0.333 bits per heavy atom. The van der Waals surface area contributed by atoms with E-state index in [2.05, 4.69) is 188 Å². The Bertz CT molecular complexity index is 3250. The van der Waals surface area contributed by atoms with Gasteiger partial charge in [0.15, 0.2) is 5.82 Å². The molecule has 0 aliphatic rings. The second-order valence-electron chi connectivity index (χ2n) is 14.3. The maximum Gasteiger partial charge on any atom is 0.160 e. The Hall–Kier alpha value is -7.27. The number of hydrogen-bond donors (Lipinski definition) is 0. The maximum absolute atomic E-state index is 5.31. The molecule has 0 unspecified atom stereocenters. The lowest BCUT2D eigenvalue weighted by Crippen LogP contribution is -1.96. The first-order valence-electron chi connectivity index (χ1n) is 19.2. The topological polar surface area (TPSA) is 38.7 Å². The molecule has 0 fully saturated rings. The molecule has 0 aliphatic heterocycles. The van der Waals surface area contributed by atoms with Crippen LogP contribution in [0.4, 0.5) is 0 Å². The molecule has 3 nitrogen and oxygen atoms in total. The molecule has 8 aromatic carbocycles. The monoisotopic (exact) mass is 743 g/mol. The zero-order valence-corrected chi connectivity index (χ0v) is 31.6. The van der Waals surface area contributed by atoms with Crippen LogP contribution in [0.5, 0.6) is 0 Å². The molecule has 0 saturated carbocycles. The van der Waals surface area contributed by atoms with Crippen molar-refractivity contribution in [3.63, 3.8) is 0 Å². The number of pyridine rings is 1. The lowest BCUT2D eigenvalue weighted by Gasteiger charge is -2.15. The Labute approximate surface area is 334 Å².